The van der Waals surface area contributed by atoms with Crippen LogP contribution in [0, 0.1) is 22.7 Å². The molecule has 6 nitrogen and oxygen atoms in total. The van der Waals surface area contributed by atoms with Crippen LogP contribution in [0.1, 0.15) is 30.0 Å². The zero-order valence-electron chi connectivity index (χ0n) is 17.1. The van der Waals surface area contributed by atoms with Gasteiger partial charge < -0.3 is 11.1 Å². The zero-order chi connectivity index (χ0) is 22.2. The molecule has 0 bridgehead atoms. The second kappa shape index (κ2) is 10.3. The van der Waals surface area contributed by atoms with Crippen molar-refractivity contribution in [1.29, 1.82) is 10.5 Å². The molecule has 0 aliphatic rings. The molecule has 154 valence electrons. The highest BCUT2D eigenvalue weighted by atomic mass is 32.2. The van der Waals surface area contributed by atoms with Gasteiger partial charge in [-0.25, -0.2) is 4.98 Å². The van der Waals surface area contributed by atoms with Crippen molar-refractivity contribution in [2.45, 2.75) is 24.8 Å². The van der Waals surface area contributed by atoms with Crippen LogP contribution in [-0.4, -0.2) is 16.6 Å². The predicted molar refractivity (Wildman–Crippen MR) is 123 cm³/mol. The molecule has 2 aromatic carbocycles. The average Bonchev–Trinajstić information content (AvgIpc) is 2.79. The van der Waals surface area contributed by atoms with E-state index in [0.29, 0.717) is 21.9 Å². The van der Waals surface area contributed by atoms with Crippen molar-refractivity contribution in [2.75, 3.05) is 16.8 Å². The van der Waals surface area contributed by atoms with Crippen LogP contribution in [0.2, 0.25) is 0 Å². The van der Waals surface area contributed by atoms with Crippen molar-refractivity contribution in [3.05, 3.63) is 71.3 Å². The lowest BCUT2D eigenvalue weighted by Gasteiger charge is -2.13. The molecule has 1 aromatic heterocycles. The third kappa shape index (κ3) is 5.22. The van der Waals surface area contributed by atoms with Gasteiger partial charge in [0, 0.05) is 23.4 Å². The molecule has 0 spiro atoms. The fraction of sp³-hybridized carbons (Fsp3) is 0.167. The maximum atomic E-state index is 12.2. The predicted octanol–water partition coefficient (Wildman–Crippen LogP) is 4.76. The molecule has 7 heteroatoms. The summed E-state index contributed by atoms with van der Waals surface area (Å²) in [5.74, 6) is 0.362. The van der Waals surface area contributed by atoms with Gasteiger partial charge in [-0.2, -0.15) is 10.5 Å². The van der Waals surface area contributed by atoms with Crippen molar-refractivity contribution < 1.29 is 4.79 Å². The normalized spacial score (nSPS) is 10.2. The number of benzene rings is 2. The fourth-order valence-corrected chi connectivity index (χ4v) is 4.02. The van der Waals surface area contributed by atoms with E-state index in [2.05, 4.69) is 29.4 Å². The Kier molecular flexibility index (Phi) is 7.26. The molecule has 3 rings (SSSR count). The summed E-state index contributed by atoms with van der Waals surface area (Å²) >= 11 is 1.28. The largest absolute Gasteiger partial charge is 0.383 e. The van der Waals surface area contributed by atoms with Crippen LogP contribution in [0.5, 0.6) is 0 Å². The molecule has 0 aliphatic heterocycles. The second-order valence-corrected chi connectivity index (χ2v) is 7.80. The molecule has 0 unspecified atom stereocenters. The lowest BCUT2D eigenvalue weighted by Crippen LogP contribution is -2.12. The number of carbonyl (C=O) groups excluding carboxylic acids is 1. The number of hydrogen-bond acceptors (Lipinski definition) is 6. The number of rotatable bonds is 7. The first-order valence-electron chi connectivity index (χ1n) is 9.78. The number of carbonyl (C=O) groups is 1. The smallest absolute Gasteiger partial charge is 0.225 e. The number of aromatic nitrogens is 1. The molecule has 0 atom stereocenters. The summed E-state index contributed by atoms with van der Waals surface area (Å²) in [5, 5.41) is 22.7. The lowest BCUT2D eigenvalue weighted by molar-refractivity contribution is -0.115. The van der Waals surface area contributed by atoms with Crippen LogP contribution in [0.25, 0.3) is 11.1 Å². The Morgan fingerprint density at radius 1 is 1.06 bits per heavy atom. The first-order valence-corrected chi connectivity index (χ1v) is 10.8. The van der Waals surface area contributed by atoms with Crippen LogP contribution in [0.15, 0.2) is 59.6 Å². The number of aryl methyl sites for hydroxylation is 1. The first kappa shape index (κ1) is 21.9. The van der Waals surface area contributed by atoms with Crippen LogP contribution in [-0.2, 0) is 11.2 Å². The van der Waals surface area contributed by atoms with Gasteiger partial charge in [0.1, 0.15) is 28.5 Å². The molecule has 0 saturated heterocycles. The molecule has 31 heavy (non-hydrogen) atoms. The number of anilines is 2. The number of para-hydroxylation sites is 1. The van der Waals surface area contributed by atoms with Gasteiger partial charge in [-0.05, 0) is 29.7 Å². The topological polar surface area (TPSA) is 116 Å². The third-order valence-corrected chi connectivity index (χ3v) is 5.67. The number of nitrogens with zero attached hydrogens (tertiary/aromatic N) is 3. The van der Waals surface area contributed by atoms with Crippen molar-refractivity contribution in [2.24, 2.45) is 0 Å². The Morgan fingerprint density at radius 3 is 2.35 bits per heavy atom. The monoisotopic (exact) mass is 427 g/mol. The van der Waals surface area contributed by atoms with Crippen molar-refractivity contribution in [3.63, 3.8) is 0 Å². The van der Waals surface area contributed by atoms with Gasteiger partial charge >= 0.3 is 0 Å². The maximum absolute atomic E-state index is 12.2. The highest BCUT2D eigenvalue weighted by Gasteiger charge is 2.20. The summed E-state index contributed by atoms with van der Waals surface area (Å²) in [4.78, 5) is 16.5. The minimum atomic E-state index is -0.130. The number of pyridine rings is 1. The number of amides is 1. The second-order valence-electron chi connectivity index (χ2n) is 6.71. The van der Waals surface area contributed by atoms with Gasteiger partial charge in [0.15, 0.2) is 0 Å². The van der Waals surface area contributed by atoms with Gasteiger partial charge in [0.25, 0.3) is 0 Å². The molecule has 0 aliphatic carbocycles. The number of nitrogens with one attached hydrogen (secondary N) is 1. The van der Waals surface area contributed by atoms with E-state index in [1.165, 1.54) is 11.8 Å². The van der Waals surface area contributed by atoms with Gasteiger partial charge in [-0.1, -0.05) is 49.4 Å². The van der Waals surface area contributed by atoms with E-state index in [9.17, 15) is 15.3 Å². The van der Waals surface area contributed by atoms with E-state index in [1.54, 1.807) is 0 Å². The standard InChI is InChI=1S/C24H21N5OS/c1-2-16-8-10-17(11-9-16)22-19(14-25)23(27)29-24(20(22)15-26)31-13-12-21(30)28-18-6-4-3-5-7-18/h3-11H,2,12-13H2,1H3,(H2,27,29)(H,28,30). The Hall–Kier alpha value is -3.81. The van der Waals surface area contributed by atoms with Crippen LogP contribution in [0.3, 0.4) is 0 Å². The molecule has 3 N–H and O–H groups in total. The van der Waals surface area contributed by atoms with E-state index in [1.807, 2.05) is 54.6 Å². The van der Waals surface area contributed by atoms with Gasteiger partial charge in [0.2, 0.25) is 5.91 Å². The SMILES string of the molecule is CCc1ccc(-c2c(C#N)c(N)nc(SCCC(=O)Nc3ccccc3)c2C#N)cc1. The highest BCUT2D eigenvalue weighted by Crippen LogP contribution is 2.35. The third-order valence-electron chi connectivity index (χ3n) is 4.69. The van der Waals surface area contributed by atoms with E-state index in [0.717, 1.165) is 23.2 Å². The van der Waals surface area contributed by atoms with Gasteiger partial charge in [0.05, 0.1) is 5.56 Å². The minimum absolute atomic E-state index is 0.0762. The molecule has 1 heterocycles. The number of nitrogens with two attached hydrogens (primary N) is 1. The Balaban J connectivity index is 1.84. The van der Waals surface area contributed by atoms with Gasteiger partial charge in [-0.3, -0.25) is 4.79 Å². The summed E-state index contributed by atoms with van der Waals surface area (Å²) in [6.07, 6.45) is 1.13. The Morgan fingerprint density at radius 2 is 1.74 bits per heavy atom. The van der Waals surface area contributed by atoms with E-state index >= 15 is 0 Å². The molecule has 0 saturated carbocycles. The molecule has 3 aromatic rings. The lowest BCUT2D eigenvalue weighted by atomic mass is 9.96. The summed E-state index contributed by atoms with van der Waals surface area (Å²) < 4.78 is 0. The zero-order valence-corrected chi connectivity index (χ0v) is 17.9. The quantitative estimate of drug-likeness (QED) is 0.525. The number of nitriles is 2. The van der Waals surface area contributed by atoms with Crippen LogP contribution >= 0.6 is 11.8 Å². The summed E-state index contributed by atoms with van der Waals surface area (Å²) in [6.45, 7) is 2.06. The minimum Gasteiger partial charge on any atom is -0.383 e. The van der Waals surface area contributed by atoms with Gasteiger partial charge in [-0.15, -0.1) is 11.8 Å². The van der Waals surface area contributed by atoms with Crippen LogP contribution < -0.4 is 11.1 Å². The number of nitrogen functional groups attached to an aromatic ring is 1. The molecule has 0 fully saturated rings. The Bertz CT molecular complexity index is 1160. The van der Waals surface area contributed by atoms with E-state index < -0.39 is 0 Å². The summed E-state index contributed by atoms with van der Waals surface area (Å²) in [5.41, 5.74) is 9.64. The summed E-state index contributed by atoms with van der Waals surface area (Å²) in [7, 11) is 0. The van der Waals surface area contributed by atoms with Crippen molar-refractivity contribution in [3.8, 4) is 23.3 Å². The van der Waals surface area contributed by atoms with E-state index in [-0.39, 0.29) is 23.7 Å². The van der Waals surface area contributed by atoms with Crippen LogP contribution in [0.4, 0.5) is 11.5 Å². The Labute approximate surface area is 185 Å². The maximum Gasteiger partial charge on any atom is 0.225 e. The fourth-order valence-electron chi connectivity index (χ4n) is 3.08. The average molecular weight is 428 g/mol. The van der Waals surface area contributed by atoms with Crippen molar-refractivity contribution in [1.82, 2.24) is 4.98 Å². The summed E-state index contributed by atoms with van der Waals surface area (Å²) in [6, 6.07) is 21.2. The number of hydrogen-bond donors (Lipinski definition) is 2. The van der Waals surface area contributed by atoms with Crippen molar-refractivity contribution >= 4 is 29.2 Å². The number of thioether (sulfide) groups is 1. The molecular formula is C24H21N5OS. The molecular weight excluding hydrogens is 406 g/mol. The molecule has 1 amide bonds. The molecule has 0 radical (unpaired) electrons. The van der Waals surface area contributed by atoms with E-state index in [4.69, 9.17) is 5.73 Å². The highest BCUT2D eigenvalue weighted by molar-refractivity contribution is 7.99. The first-order chi connectivity index (χ1) is 15.1.